The normalized spacial score (nSPS) is 13.2. The Morgan fingerprint density at radius 2 is 1.40 bits per heavy atom. The SMILES string of the molecule is CCNS(=O)(=O)c1cccc(C(=O)Nc2ccc(N3CCCCC3)cc2C(=O)Nc2ccc(CCc3ccc(C(=O)O)cc3)cc2)c1. The number of aryl methyl sites for hydroxylation is 2. The summed E-state index contributed by atoms with van der Waals surface area (Å²) in [7, 11) is -3.76. The summed E-state index contributed by atoms with van der Waals surface area (Å²) in [6.07, 6.45) is 4.76. The van der Waals surface area contributed by atoms with Gasteiger partial charge >= 0.3 is 5.97 Å². The Hall–Kier alpha value is -5.00. The molecule has 4 N–H and O–H groups in total. The zero-order chi connectivity index (χ0) is 33.4. The van der Waals surface area contributed by atoms with Gasteiger partial charge in [0, 0.05) is 36.6 Å². The van der Waals surface area contributed by atoms with Crippen LogP contribution in [0.25, 0.3) is 0 Å². The summed E-state index contributed by atoms with van der Waals surface area (Å²) in [5.74, 6) is -1.89. The summed E-state index contributed by atoms with van der Waals surface area (Å²) in [4.78, 5) is 40.3. The summed E-state index contributed by atoms with van der Waals surface area (Å²) in [6, 6.07) is 25.5. The van der Waals surface area contributed by atoms with Crippen molar-refractivity contribution < 1.29 is 27.9 Å². The van der Waals surface area contributed by atoms with E-state index in [-0.39, 0.29) is 28.1 Å². The largest absolute Gasteiger partial charge is 0.478 e. The molecule has 244 valence electrons. The highest BCUT2D eigenvalue weighted by Crippen LogP contribution is 2.28. The van der Waals surface area contributed by atoms with Gasteiger partial charge in [-0.3, -0.25) is 9.59 Å². The minimum Gasteiger partial charge on any atom is -0.478 e. The number of benzene rings is 4. The Kier molecular flexibility index (Phi) is 10.7. The number of nitrogens with one attached hydrogen (secondary N) is 3. The summed E-state index contributed by atoms with van der Waals surface area (Å²) >= 11 is 0. The molecule has 1 aliphatic heterocycles. The summed E-state index contributed by atoms with van der Waals surface area (Å²) in [5.41, 5.74) is 4.55. The van der Waals surface area contributed by atoms with Crippen molar-refractivity contribution in [3.05, 3.63) is 119 Å². The fraction of sp³-hybridized carbons (Fsp3) is 0.250. The Balaban J connectivity index is 1.32. The van der Waals surface area contributed by atoms with Gasteiger partial charge in [-0.15, -0.1) is 0 Å². The minimum atomic E-state index is -3.76. The molecule has 1 heterocycles. The van der Waals surface area contributed by atoms with E-state index in [1.807, 2.05) is 42.5 Å². The smallest absolute Gasteiger partial charge is 0.335 e. The van der Waals surface area contributed by atoms with E-state index < -0.39 is 27.8 Å². The highest BCUT2D eigenvalue weighted by Gasteiger charge is 2.20. The molecule has 0 spiro atoms. The van der Waals surface area contributed by atoms with Gasteiger partial charge in [0.15, 0.2) is 0 Å². The molecule has 2 amide bonds. The molecule has 0 saturated carbocycles. The van der Waals surface area contributed by atoms with E-state index in [4.69, 9.17) is 5.11 Å². The number of hydrogen-bond donors (Lipinski definition) is 4. The first-order valence-corrected chi connectivity index (χ1v) is 17.1. The van der Waals surface area contributed by atoms with Crippen molar-refractivity contribution in [2.45, 2.75) is 43.9 Å². The van der Waals surface area contributed by atoms with Crippen molar-refractivity contribution >= 4 is 44.9 Å². The van der Waals surface area contributed by atoms with Crippen LogP contribution in [0.3, 0.4) is 0 Å². The first-order chi connectivity index (χ1) is 22.6. The number of hydrogen-bond acceptors (Lipinski definition) is 6. The molecule has 0 atom stereocenters. The number of carbonyl (C=O) groups is 3. The zero-order valence-electron chi connectivity index (χ0n) is 26.2. The molecule has 10 nitrogen and oxygen atoms in total. The third kappa shape index (κ3) is 8.63. The second-order valence-corrected chi connectivity index (χ2v) is 13.2. The standard InChI is InChI=1S/C36H38N4O6S/c1-2-37-47(45,46)31-8-6-7-28(23-31)34(41)39-33-20-19-30(40-21-4-3-5-22-40)24-32(33)35(42)38-29-17-13-26(14-18-29)10-9-25-11-15-27(16-12-25)36(43)44/h6-8,11-20,23-24,37H,2-5,9-10,21-22H2,1H3,(H,38,42)(H,39,41)(H,43,44). The topological polar surface area (TPSA) is 145 Å². The number of sulfonamides is 1. The van der Waals surface area contributed by atoms with E-state index >= 15 is 0 Å². The number of amides is 2. The number of nitrogens with zero attached hydrogens (tertiary/aromatic N) is 1. The van der Waals surface area contributed by atoms with E-state index in [2.05, 4.69) is 20.3 Å². The molecule has 5 rings (SSSR count). The molecule has 0 bridgehead atoms. The van der Waals surface area contributed by atoms with Crippen LogP contribution in [0.2, 0.25) is 0 Å². The van der Waals surface area contributed by atoms with Crippen molar-refractivity contribution in [3.8, 4) is 0 Å². The average molecular weight is 655 g/mol. The van der Waals surface area contributed by atoms with E-state index in [1.165, 1.54) is 24.3 Å². The van der Waals surface area contributed by atoms with Crippen LogP contribution < -0.4 is 20.3 Å². The van der Waals surface area contributed by atoms with Crippen LogP contribution in [0.1, 0.15) is 68.4 Å². The van der Waals surface area contributed by atoms with Crippen LogP contribution in [-0.2, 0) is 22.9 Å². The first kappa shape index (κ1) is 33.4. The monoisotopic (exact) mass is 654 g/mol. The molecule has 47 heavy (non-hydrogen) atoms. The first-order valence-electron chi connectivity index (χ1n) is 15.7. The molecule has 1 saturated heterocycles. The molecule has 0 aliphatic carbocycles. The molecule has 0 unspecified atom stereocenters. The van der Waals surface area contributed by atoms with Crippen molar-refractivity contribution in [1.82, 2.24) is 4.72 Å². The number of aromatic carboxylic acids is 1. The average Bonchev–Trinajstić information content (AvgIpc) is 3.08. The van der Waals surface area contributed by atoms with Crippen LogP contribution in [0.15, 0.2) is 95.9 Å². The van der Waals surface area contributed by atoms with Crippen LogP contribution in [0, 0.1) is 0 Å². The summed E-state index contributed by atoms with van der Waals surface area (Å²) in [5, 5.41) is 14.9. The van der Waals surface area contributed by atoms with Gasteiger partial charge < -0.3 is 20.6 Å². The van der Waals surface area contributed by atoms with Gasteiger partial charge in [-0.1, -0.05) is 37.3 Å². The van der Waals surface area contributed by atoms with Crippen molar-refractivity contribution in [2.75, 3.05) is 35.2 Å². The summed E-state index contributed by atoms with van der Waals surface area (Å²) in [6.45, 7) is 3.65. The lowest BCUT2D eigenvalue weighted by atomic mass is 10.0. The molecular weight excluding hydrogens is 616 g/mol. The Bertz CT molecular complexity index is 1850. The van der Waals surface area contributed by atoms with Gasteiger partial charge in [-0.25, -0.2) is 17.9 Å². The van der Waals surface area contributed by atoms with Crippen molar-refractivity contribution in [2.24, 2.45) is 0 Å². The van der Waals surface area contributed by atoms with Gasteiger partial charge in [0.05, 0.1) is 21.7 Å². The molecule has 0 radical (unpaired) electrons. The molecule has 11 heteroatoms. The molecule has 0 aromatic heterocycles. The quantitative estimate of drug-likeness (QED) is 0.147. The van der Waals surface area contributed by atoms with Crippen LogP contribution >= 0.6 is 0 Å². The lowest BCUT2D eigenvalue weighted by molar-refractivity contribution is 0.0696. The van der Waals surface area contributed by atoms with Gasteiger partial charge in [0.1, 0.15) is 0 Å². The van der Waals surface area contributed by atoms with Gasteiger partial charge in [-0.05, 0) is 104 Å². The number of rotatable bonds is 12. The van der Waals surface area contributed by atoms with Crippen LogP contribution in [-0.4, -0.2) is 50.9 Å². The fourth-order valence-electron chi connectivity index (χ4n) is 5.51. The van der Waals surface area contributed by atoms with Gasteiger partial charge in [0.25, 0.3) is 11.8 Å². The lowest BCUT2D eigenvalue weighted by Crippen LogP contribution is -2.29. The van der Waals surface area contributed by atoms with E-state index in [9.17, 15) is 22.8 Å². The molecule has 4 aromatic carbocycles. The Labute approximate surface area is 274 Å². The van der Waals surface area contributed by atoms with Gasteiger partial charge in [0.2, 0.25) is 10.0 Å². The third-order valence-corrected chi connectivity index (χ3v) is 9.62. The number of carbonyl (C=O) groups excluding carboxylic acids is 2. The Morgan fingerprint density at radius 3 is 2.04 bits per heavy atom. The molecular formula is C36H38N4O6S. The van der Waals surface area contributed by atoms with Crippen molar-refractivity contribution in [3.63, 3.8) is 0 Å². The molecule has 1 fully saturated rings. The molecule has 1 aliphatic rings. The highest BCUT2D eigenvalue weighted by molar-refractivity contribution is 7.89. The zero-order valence-corrected chi connectivity index (χ0v) is 27.0. The molecule has 4 aromatic rings. The Morgan fingerprint density at radius 1 is 0.745 bits per heavy atom. The minimum absolute atomic E-state index is 0.0232. The van der Waals surface area contributed by atoms with Crippen molar-refractivity contribution in [1.29, 1.82) is 0 Å². The lowest BCUT2D eigenvalue weighted by Gasteiger charge is -2.29. The second kappa shape index (κ2) is 15.1. The summed E-state index contributed by atoms with van der Waals surface area (Å²) < 4.78 is 27.4. The predicted molar refractivity (Wildman–Crippen MR) is 183 cm³/mol. The highest BCUT2D eigenvalue weighted by atomic mass is 32.2. The second-order valence-electron chi connectivity index (χ2n) is 11.4. The predicted octanol–water partition coefficient (Wildman–Crippen LogP) is 5.96. The maximum atomic E-state index is 13.7. The fourth-order valence-corrected chi connectivity index (χ4v) is 6.59. The number of anilines is 3. The maximum Gasteiger partial charge on any atom is 0.335 e. The number of piperidine rings is 1. The van der Waals surface area contributed by atoms with E-state index in [0.29, 0.717) is 11.4 Å². The van der Waals surface area contributed by atoms with Crippen LogP contribution in [0.5, 0.6) is 0 Å². The number of carboxylic acids is 1. The number of carboxylic acid groups (broad SMARTS) is 1. The third-order valence-electron chi connectivity index (χ3n) is 8.07. The van der Waals surface area contributed by atoms with Gasteiger partial charge in [-0.2, -0.15) is 0 Å². The van der Waals surface area contributed by atoms with E-state index in [1.54, 1.807) is 31.2 Å². The van der Waals surface area contributed by atoms with Crippen LogP contribution in [0.4, 0.5) is 17.1 Å². The van der Waals surface area contributed by atoms with E-state index in [0.717, 1.165) is 62.0 Å². The maximum absolute atomic E-state index is 13.7.